The lowest BCUT2D eigenvalue weighted by Gasteiger charge is -2.16. The van der Waals surface area contributed by atoms with E-state index in [2.05, 4.69) is 22.1 Å². The van der Waals surface area contributed by atoms with E-state index in [0.29, 0.717) is 10.9 Å². The summed E-state index contributed by atoms with van der Waals surface area (Å²) in [6, 6.07) is 3.58. The van der Waals surface area contributed by atoms with Gasteiger partial charge in [-0.05, 0) is 37.3 Å². The maximum Gasteiger partial charge on any atom is 0.296 e. The van der Waals surface area contributed by atoms with Gasteiger partial charge in [0.15, 0.2) is 0 Å². The lowest BCUT2D eigenvalue weighted by Crippen LogP contribution is -2.28. The van der Waals surface area contributed by atoms with Gasteiger partial charge in [-0.2, -0.15) is 0 Å². The Bertz CT molecular complexity index is 483. The normalized spacial score (nSPS) is 15.4. The van der Waals surface area contributed by atoms with Crippen molar-refractivity contribution in [3.05, 3.63) is 29.0 Å². The molecule has 0 radical (unpaired) electrons. The summed E-state index contributed by atoms with van der Waals surface area (Å²) in [5, 5.41) is 3.51. The molecule has 1 N–H and O–H groups in total. The van der Waals surface area contributed by atoms with Gasteiger partial charge in [0.25, 0.3) is 5.91 Å². The molecule has 1 fully saturated rings. The molecular weight excluding hydrogens is 248 g/mol. The molecule has 1 unspecified atom stereocenters. The maximum atomic E-state index is 11.6. The smallest absolute Gasteiger partial charge is 0.296 e. The second-order valence-electron chi connectivity index (χ2n) is 4.48. The summed E-state index contributed by atoms with van der Waals surface area (Å²) in [5.41, 5.74) is 0.845. The Hall–Kier alpha value is -1.53. The summed E-state index contributed by atoms with van der Waals surface area (Å²) in [5.74, 6) is 5.54. The Morgan fingerprint density at radius 2 is 2.39 bits per heavy atom. The Labute approximate surface area is 112 Å². The second kappa shape index (κ2) is 5.88. The first-order valence-electron chi connectivity index (χ1n) is 6.03. The van der Waals surface area contributed by atoms with Crippen molar-refractivity contribution in [1.82, 2.24) is 10.3 Å². The third-order valence-corrected chi connectivity index (χ3v) is 3.14. The predicted molar refractivity (Wildman–Crippen MR) is 70.9 cm³/mol. The summed E-state index contributed by atoms with van der Waals surface area (Å²) in [4.78, 5) is 15.8. The minimum atomic E-state index is -0.250. The standard InChI is InChI=1S/C14H15ClN2O/c1-2-3-14(18)17-13(8-10-4-5-10)12-7-6-11(15)9-16-12/h6-7,9-10,13H,4-5,8H2,1H3,(H,17,18). The molecule has 1 amide bonds. The van der Waals surface area contributed by atoms with Crippen LogP contribution in [0.25, 0.3) is 0 Å². The molecule has 1 aliphatic carbocycles. The molecule has 0 saturated heterocycles. The molecule has 94 valence electrons. The largest absolute Gasteiger partial charge is 0.337 e. The van der Waals surface area contributed by atoms with Crippen LogP contribution in [0.5, 0.6) is 0 Å². The van der Waals surface area contributed by atoms with E-state index >= 15 is 0 Å². The fraction of sp³-hybridized carbons (Fsp3) is 0.429. The van der Waals surface area contributed by atoms with Crippen LogP contribution >= 0.6 is 11.6 Å². The van der Waals surface area contributed by atoms with Crippen LogP contribution in [0.3, 0.4) is 0 Å². The molecule has 4 heteroatoms. The van der Waals surface area contributed by atoms with E-state index in [0.717, 1.165) is 12.1 Å². The van der Waals surface area contributed by atoms with E-state index in [1.165, 1.54) is 12.8 Å². The molecule has 0 aromatic carbocycles. The Morgan fingerprint density at radius 1 is 1.61 bits per heavy atom. The van der Waals surface area contributed by atoms with Gasteiger partial charge in [-0.3, -0.25) is 9.78 Å². The lowest BCUT2D eigenvalue weighted by atomic mass is 10.1. The molecule has 1 aromatic rings. The average molecular weight is 263 g/mol. The van der Waals surface area contributed by atoms with Crippen LogP contribution in [-0.4, -0.2) is 10.9 Å². The Balaban J connectivity index is 2.09. The van der Waals surface area contributed by atoms with Gasteiger partial charge in [-0.25, -0.2) is 0 Å². The number of hydrogen-bond donors (Lipinski definition) is 1. The van der Waals surface area contributed by atoms with E-state index in [1.807, 2.05) is 6.07 Å². The number of rotatable bonds is 4. The molecule has 2 rings (SSSR count). The summed E-state index contributed by atoms with van der Waals surface area (Å²) in [7, 11) is 0. The number of amides is 1. The molecule has 0 spiro atoms. The number of pyridine rings is 1. The quantitative estimate of drug-likeness (QED) is 0.848. The van der Waals surface area contributed by atoms with Gasteiger partial charge in [0.05, 0.1) is 16.8 Å². The summed E-state index contributed by atoms with van der Waals surface area (Å²) in [6.45, 7) is 1.65. The Kier molecular flexibility index (Phi) is 4.22. The van der Waals surface area contributed by atoms with Gasteiger partial charge in [-0.1, -0.05) is 30.4 Å². The molecule has 0 bridgehead atoms. The van der Waals surface area contributed by atoms with Crippen LogP contribution in [0, 0.1) is 17.8 Å². The highest BCUT2D eigenvalue weighted by atomic mass is 35.5. The maximum absolute atomic E-state index is 11.6. The number of nitrogens with zero attached hydrogens (tertiary/aromatic N) is 1. The number of carbonyl (C=O) groups excluding carboxylic acids is 1. The zero-order valence-corrected chi connectivity index (χ0v) is 11.0. The van der Waals surface area contributed by atoms with Gasteiger partial charge in [-0.15, -0.1) is 0 Å². The van der Waals surface area contributed by atoms with Crippen LogP contribution in [0.1, 0.15) is 37.9 Å². The molecule has 1 aromatic heterocycles. The van der Waals surface area contributed by atoms with E-state index < -0.39 is 0 Å². The second-order valence-corrected chi connectivity index (χ2v) is 4.92. The molecule has 0 aliphatic heterocycles. The number of aromatic nitrogens is 1. The summed E-state index contributed by atoms with van der Waals surface area (Å²) in [6.07, 6.45) is 5.00. The summed E-state index contributed by atoms with van der Waals surface area (Å²) >= 11 is 5.82. The van der Waals surface area contributed by atoms with Crippen molar-refractivity contribution < 1.29 is 4.79 Å². The zero-order chi connectivity index (χ0) is 13.0. The average Bonchev–Trinajstić information content (AvgIpc) is 3.13. The SMILES string of the molecule is CC#CC(=O)NC(CC1CC1)c1ccc(Cl)cn1. The molecule has 3 nitrogen and oxygen atoms in total. The number of carbonyl (C=O) groups is 1. The van der Waals surface area contributed by atoms with Crippen LogP contribution in [0.15, 0.2) is 18.3 Å². The Morgan fingerprint density at radius 3 is 2.94 bits per heavy atom. The minimum absolute atomic E-state index is 0.0666. The molecular formula is C14H15ClN2O. The van der Waals surface area contributed by atoms with Crippen molar-refractivity contribution in [2.24, 2.45) is 5.92 Å². The van der Waals surface area contributed by atoms with E-state index in [1.54, 1.807) is 19.2 Å². The van der Waals surface area contributed by atoms with Crippen molar-refractivity contribution >= 4 is 17.5 Å². The van der Waals surface area contributed by atoms with Gasteiger partial charge in [0, 0.05) is 6.20 Å². The first kappa shape index (κ1) is 12.9. The van der Waals surface area contributed by atoms with E-state index in [9.17, 15) is 4.79 Å². The van der Waals surface area contributed by atoms with Gasteiger partial charge in [0.1, 0.15) is 0 Å². The van der Waals surface area contributed by atoms with E-state index in [4.69, 9.17) is 11.6 Å². The molecule has 1 saturated carbocycles. The first-order chi connectivity index (χ1) is 8.69. The van der Waals surface area contributed by atoms with Crippen LogP contribution in [0.2, 0.25) is 5.02 Å². The van der Waals surface area contributed by atoms with Crippen molar-refractivity contribution in [2.45, 2.75) is 32.2 Å². The summed E-state index contributed by atoms with van der Waals surface area (Å²) < 4.78 is 0. The van der Waals surface area contributed by atoms with Crippen molar-refractivity contribution in [1.29, 1.82) is 0 Å². The number of halogens is 1. The predicted octanol–water partition coefficient (Wildman–Crippen LogP) is 2.72. The lowest BCUT2D eigenvalue weighted by molar-refractivity contribution is -0.116. The van der Waals surface area contributed by atoms with Crippen molar-refractivity contribution in [2.75, 3.05) is 0 Å². The topological polar surface area (TPSA) is 42.0 Å². The third kappa shape index (κ3) is 3.75. The number of hydrogen-bond acceptors (Lipinski definition) is 2. The van der Waals surface area contributed by atoms with E-state index in [-0.39, 0.29) is 11.9 Å². The number of nitrogens with one attached hydrogen (secondary N) is 1. The van der Waals surface area contributed by atoms with Crippen LogP contribution in [0.4, 0.5) is 0 Å². The fourth-order valence-electron chi connectivity index (χ4n) is 1.84. The molecule has 1 atom stereocenters. The highest BCUT2D eigenvalue weighted by Gasteiger charge is 2.27. The monoisotopic (exact) mass is 262 g/mol. The molecule has 1 aliphatic rings. The van der Waals surface area contributed by atoms with Crippen LogP contribution in [-0.2, 0) is 4.79 Å². The van der Waals surface area contributed by atoms with Gasteiger partial charge < -0.3 is 5.32 Å². The molecule has 1 heterocycles. The van der Waals surface area contributed by atoms with Gasteiger partial charge >= 0.3 is 0 Å². The van der Waals surface area contributed by atoms with Crippen molar-refractivity contribution in [3.63, 3.8) is 0 Å². The van der Waals surface area contributed by atoms with Gasteiger partial charge in [0.2, 0.25) is 0 Å². The zero-order valence-electron chi connectivity index (χ0n) is 10.2. The molecule has 18 heavy (non-hydrogen) atoms. The first-order valence-corrected chi connectivity index (χ1v) is 6.41. The third-order valence-electron chi connectivity index (χ3n) is 2.92. The minimum Gasteiger partial charge on any atom is -0.337 e. The van der Waals surface area contributed by atoms with Crippen LogP contribution < -0.4 is 5.32 Å². The highest BCUT2D eigenvalue weighted by Crippen LogP contribution is 2.37. The van der Waals surface area contributed by atoms with Crippen molar-refractivity contribution in [3.8, 4) is 11.8 Å². The highest BCUT2D eigenvalue weighted by molar-refractivity contribution is 6.30. The fourth-order valence-corrected chi connectivity index (χ4v) is 1.95.